The van der Waals surface area contributed by atoms with E-state index in [-0.39, 0.29) is 30.4 Å². The van der Waals surface area contributed by atoms with Gasteiger partial charge < -0.3 is 19.7 Å². The topological polar surface area (TPSA) is 88.2 Å². The first-order chi connectivity index (χ1) is 17.0. The Morgan fingerprint density at radius 2 is 1.91 bits per heavy atom. The Labute approximate surface area is 209 Å². The normalized spacial score (nSPS) is 23.6. The van der Waals surface area contributed by atoms with E-state index in [2.05, 4.69) is 5.32 Å². The fourth-order valence-electron chi connectivity index (χ4n) is 5.26. The van der Waals surface area contributed by atoms with E-state index in [4.69, 9.17) is 9.47 Å². The van der Waals surface area contributed by atoms with E-state index in [0.717, 1.165) is 25.0 Å². The smallest absolute Gasteiger partial charge is 0.263 e. The predicted molar refractivity (Wildman–Crippen MR) is 131 cm³/mol. The van der Waals surface area contributed by atoms with Gasteiger partial charge in [0.2, 0.25) is 5.91 Å². The van der Waals surface area contributed by atoms with Gasteiger partial charge in [0.15, 0.2) is 0 Å². The molecule has 8 nitrogen and oxygen atoms in total. The molecule has 0 saturated carbocycles. The number of ether oxygens (including phenoxy) is 2. The number of aryl methyl sites for hydroxylation is 1. The van der Waals surface area contributed by atoms with Gasteiger partial charge in [-0.2, -0.15) is 0 Å². The van der Waals surface area contributed by atoms with Gasteiger partial charge in [-0.3, -0.25) is 19.3 Å². The molecule has 0 aliphatic carbocycles. The van der Waals surface area contributed by atoms with Crippen molar-refractivity contribution >= 4 is 29.1 Å². The summed E-state index contributed by atoms with van der Waals surface area (Å²) in [6.45, 7) is 4.09. The SMILES string of the molecule is Cc1ccccc1C(=O)N1[C@@H](C(=O)NC[C@@H]2CCCO2)COC12CCN(C(=O)c1cccs1)CC2. The Kier molecular flexibility index (Phi) is 6.91. The average Bonchev–Trinajstić information content (AvgIpc) is 3.64. The van der Waals surface area contributed by atoms with Crippen molar-refractivity contribution in [1.29, 1.82) is 0 Å². The molecule has 1 aromatic heterocycles. The van der Waals surface area contributed by atoms with Crippen LogP contribution in [0.25, 0.3) is 0 Å². The number of likely N-dealkylation sites (tertiary alicyclic amines) is 1. The van der Waals surface area contributed by atoms with Gasteiger partial charge in [-0.15, -0.1) is 11.3 Å². The lowest BCUT2D eigenvalue weighted by Gasteiger charge is -2.44. The molecule has 186 valence electrons. The number of hydrogen-bond acceptors (Lipinski definition) is 6. The van der Waals surface area contributed by atoms with E-state index in [1.807, 2.05) is 47.5 Å². The van der Waals surface area contributed by atoms with E-state index in [1.165, 1.54) is 11.3 Å². The molecule has 3 fully saturated rings. The third-order valence-corrected chi connectivity index (χ3v) is 8.11. The zero-order valence-electron chi connectivity index (χ0n) is 19.9. The van der Waals surface area contributed by atoms with E-state index >= 15 is 0 Å². The number of amides is 3. The third-order valence-electron chi connectivity index (χ3n) is 7.25. The Hall–Kier alpha value is -2.75. The first-order valence-electron chi connectivity index (χ1n) is 12.2. The van der Waals surface area contributed by atoms with E-state index in [1.54, 1.807) is 11.0 Å². The monoisotopic (exact) mass is 497 g/mol. The van der Waals surface area contributed by atoms with Crippen LogP contribution in [-0.2, 0) is 14.3 Å². The molecule has 3 amide bonds. The number of nitrogens with one attached hydrogen (secondary N) is 1. The van der Waals surface area contributed by atoms with Crippen LogP contribution in [0.2, 0.25) is 0 Å². The lowest BCUT2D eigenvalue weighted by molar-refractivity contribution is -0.128. The molecule has 2 aromatic rings. The summed E-state index contributed by atoms with van der Waals surface area (Å²) >= 11 is 1.42. The molecule has 0 radical (unpaired) electrons. The van der Waals surface area contributed by atoms with Crippen LogP contribution in [0.1, 0.15) is 51.3 Å². The highest BCUT2D eigenvalue weighted by molar-refractivity contribution is 7.12. The van der Waals surface area contributed by atoms with Gasteiger partial charge in [-0.1, -0.05) is 24.3 Å². The standard InChI is InChI=1S/C26H31N3O5S/c1-18-6-2-3-8-20(18)24(31)29-21(23(30)27-16-19-7-4-14-33-19)17-34-26(29)10-12-28(13-11-26)25(32)22-9-5-15-35-22/h2-3,5-6,8-9,15,19,21H,4,7,10-14,16-17H2,1H3,(H,27,30)/t19-,21+/m0/s1. The Morgan fingerprint density at radius 3 is 2.60 bits per heavy atom. The minimum absolute atomic E-state index is 0.00418. The molecule has 1 aromatic carbocycles. The fraction of sp³-hybridized carbons (Fsp3) is 0.500. The zero-order valence-corrected chi connectivity index (χ0v) is 20.7. The summed E-state index contributed by atoms with van der Waals surface area (Å²) in [5.74, 6) is -0.442. The third kappa shape index (κ3) is 4.72. The first-order valence-corrected chi connectivity index (χ1v) is 13.1. The molecule has 3 saturated heterocycles. The largest absolute Gasteiger partial charge is 0.376 e. The van der Waals surface area contributed by atoms with Crippen molar-refractivity contribution in [2.75, 3.05) is 32.8 Å². The number of nitrogens with zero attached hydrogens (tertiary/aromatic N) is 2. The highest BCUT2D eigenvalue weighted by Gasteiger charge is 2.54. The maximum absolute atomic E-state index is 13.9. The minimum Gasteiger partial charge on any atom is -0.376 e. The van der Waals surface area contributed by atoms with Crippen LogP contribution < -0.4 is 5.32 Å². The van der Waals surface area contributed by atoms with Gasteiger partial charge in [0, 0.05) is 44.6 Å². The molecule has 0 bridgehead atoms. The van der Waals surface area contributed by atoms with Crippen molar-refractivity contribution in [3.8, 4) is 0 Å². The Morgan fingerprint density at radius 1 is 1.11 bits per heavy atom. The second-order valence-corrected chi connectivity index (χ2v) is 10.4. The number of rotatable bonds is 5. The molecular formula is C26H31N3O5S. The number of carbonyl (C=O) groups is 3. The average molecular weight is 498 g/mol. The molecule has 3 aliphatic rings. The summed E-state index contributed by atoms with van der Waals surface area (Å²) in [5.41, 5.74) is 0.493. The number of benzene rings is 1. The van der Waals surface area contributed by atoms with Crippen molar-refractivity contribution < 1.29 is 23.9 Å². The van der Waals surface area contributed by atoms with Gasteiger partial charge in [-0.25, -0.2) is 0 Å². The Bertz CT molecular complexity index is 1070. The summed E-state index contributed by atoms with van der Waals surface area (Å²) in [5, 5.41) is 4.87. The predicted octanol–water partition coefficient (Wildman–Crippen LogP) is 2.83. The molecule has 4 heterocycles. The van der Waals surface area contributed by atoms with E-state index < -0.39 is 11.8 Å². The highest BCUT2D eigenvalue weighted by Crippen LogP contribution is 2.39. The van der Waals surface area contributed by atoms with Crippen LogP contribution in [0.15, 0.2) is 41.8 Å². The molecule has 2 atom stereocenters. The number of piperidine rings is 1. The van der Waals surface area contributed by atoms with Crippen molar-refractivity contribution in [2.45, 2.75) is 50.5 Å². The first kappa shape index (κ1) is 24.0. The molecule has 0 unspecified atom stereocenters. The number of carbonyl (C=O) groups excluding carboxylic acids is 3. The van der Waals surface area contributed by atoms with Gasteiger partial charge >= 0.3 is 0 Å². The summed E-state index contributed by atoms with van der Waals surface area (Å²) in [6, 6.07) is 10.4. The van der Waals surface area contributed by atoms with Gasteiger partial charge in [0.1, 0.15) is 11.8 Å². The van der Waals surface area contributed by atoms with Crippen LogP contribution in [0.5, 0.6) is 0 Å². The fourth-order valence-corrected chi connectivity index (χ4v) is 5.95. The molecule has 1 N–H and O–H groups in total. The molecule has 1 spiro atoms. The van der Waals surface area contributed by atoms with Crippen LogP contribution in [-0.4, -0.2) is 78.2 Å². The summed E-state index contributed by atoms with van der Waals surface area (Å²) in [6.07, 6.45) is 2.84. The summed E-state index contributed by atoms with van der Waals surface area (Å²) in [7, 11) is 0. The van der Waals surface area contributed by atoms with E-state index in [9.17, 15) is 14.4 Å². The van der Waals surface area contributed by atoms with Crippen LogP contribution in [0.4, 0.5) is 0 Å². The lowest BCUT2D eigenvalue weighted by Crippen LogP contribution is -2.60. The second-order valence-electron chi connectivity index (χ2n) is 9.41. The van der Waals surface area contributed by atoms with Gasteiger partial charge in [0.05, 0.1) is 17.6 Å². The molecule has 35 heavy (non-hydrogen) atoms. The maximum Gasteiger partial charge on any atom is 0.263 e. The molecule has 3 aliphatic heterocycles. The lowest BCUT2D eigenvalue weighted by atomic mass is 9.95. The number of thiophene rings is 1. The summed E-state index contributed by atoms with van der Waals surface area (Å²) < 4.78 is 11.9. The number of hydrogen-bond donors (Lipinski definition) is 1. The van der Waals surface area contributed by atoms with Crippen LogP contribution in [0.3, 0.4) is 0 Å². The quantitative estimate of drug-likeness (QED) is 0.686. The van der Waals surface area contributed by atoms with Crippen LogP contribution in [0, 0.1) is 6.92 Å². The van der Waals surface area contributed by atoms with Crippen LogP contribution >= 0.6 is 11.3 Å². The second kappa shape index (κ2) is 10.1. The maximum atomic E-state index is 13.9. The van der Waals surface area contributed by atoms with Crippen molar-refractivity contribution in [1.82, 2.24) is 15.1 Å². The summed E-state index contributed by atoms with van der Waals surface area (Å²) in [4.78, 5) is 44.2. The highest BCUT2D eigenvalue weighted by atomic mass is 32.1. The van der Waals surface area contributed by atoms with Gasteiger partial charge in [0.25, 0.3) is 11.8 Å². The molecule has 5 rings (SSSR count). The minimum atomic E-state index is -0.919. The Balaban J connectivity index is 1.36. The van der Waals surface area contributed by atoms with Crippen molar-refractivity contribution in [3.63, 3.8) is 0 Å². The molecule has 9 heteroatoms. The van der Waals surface area contributed by atoms with Gasteiger partial charge in [-0.05, 0) is 42.8 Å². The van der Waals surface area contributed by atoms with Crippen molar-refractivity contribution in [3.05, 3.63) is 57.8 Å². The molecular weight excluding hydrogens is 466 g/mol. The van der Waals surface area contributed by atoms with Crippen molar-refractivity contribution in [2.24, 2.45) is 0 Å². The zero-order chi connectivity index (χ0) is 24.4. The van der Waals surface area contributed by atoms with E-state index in [0.29, 0.717) is 42.9 Å².